The van der Waals surface area contributed by atoms with Crippen molar-refractivity contribution in [3.63, 3.8) is 0 Å². The van der Waals surface area contributed by atoms with Crippen LogP contribution in [0.4, 0.5) is 0 Å². The van der Waals surface area contributed by atoms with Gasteiger partial charge in [0.1, 0.15) is 23.4 Å². The van der Waals surface area contributed by atoms with Crippen molar-refractivity contribution in [3.8, 4) is 0 Å². The highest BCUT2D eigenvalue weighted by atomic mass is 16.5. The van der Waals surface area contributed by atoms with Gasteiger partial charge in [0.25, 0.3) is 5.91 Å². The summed E-state index contributed by atoms with van der Waals surface area (Å²) in [5, 5.41) is 6.35. The number of pyridine rings is 1. The zero-order valence-corrected chi connectivity index (χ0v) is 24.8. The van der Waals surface area contributed by atoms with E-state index in [1.807, 2.05) is 54.6 Å². The lowest BCUT2D eigenvalue weighted by molar-refractivity contribution is -0.136. The van der Waals surface area contributed by atoms with Crippen LogP contribution in [-0.2, 0) is 25.5 Å². The van der Waals surface area contributed by atoms with E-state index in [4.69, 9.17) is 9.15 Å². The molecule has 4 heterocycles. The van der Waals surface area contributed by atoms with Gasteiger partial charge < -0.3 is 14.5 Å². The van der Waals surface area contributed by atoms with E-state index in [-0.39, 0.29) is 43.6 Å². The monoisotopic (exact) mass is 606 g/mol. The Balaban J connectivity index is 0.978. The summed E-state index contributed by atoms with van der Waals surface area (Å²) in [7, 11) is 0. The summed E-state index contributed by atoms with van der Waals surface area (Å²) >= 11 is 0. The highest BCUT2D eigenvalue weighted by Crippen LogP contribution is 2.37. The number of piperidine rings is 1. The Morgan fingerprint density at radius 1 is 1.09 bits per heavy atom. The summed E-state index contributed by atoms with van der Waals surface area (Å²) in [5.74, 6) is -0.586. The first-order valence-electron chi connectivity index (χ1n) is 15.1. The molecule has 6 rings (SSSR count). The van der Waals surface area contributed by atoms with Crippen molar-refractivity contribution >= 4 is 40.3 Å². The molecule has 0 aliphatic carbocycles. The van der Waals surface area contributed by atoms with Crippen LogP contribution >= 0.6 is 0 Å². The van der Waals surface area contributed by atoms with E-state index in [1.54, 1.807) is 18.5 Å². The summed E-state index contributed by atoms with van der Waals surface area (Å²) in [6.07, 6.45) is 6.33. The second kappa shape index (κ2) is 13.3. The van der Waals surface area contributed by atoms with Crippen LogP contribution in [0.2, 0.25) is 0 Å². The predicted octanol–water partition coefficient (Wildman–Crippen LogP) is 4.69. The molecule has 4 amide bonds. The number of furan rings is 1. The molecule has 2 aliphatic rings. The Bertz CT molecular complexity index is 1730. The first kappa shape index (κ1) is 30.0. The molecule has 0 bridgehead atoms. The van der Waals surface area contributed by atoms with Crippen LogP contribution in [0.25, 0.3) is 16.7 Å². The number of rotatable bonds is 12. The summed E-state index contributed by atoms with van der Waals surface area (Å²) in [6.45, 7) is 4.90. The molecule has 2 aromatic carbocycles. The lowest BCUT2D eigenvalue weighted by Gasteiger charge is -2.30. The molecule has 0 spiro atoms. The normalized spacial score (nSPS) is 17.0. The van der Waals surface area contributed by atoms with Gasteiger partial charge in [0.05, 0.1) is 6.61 Å². The molecule has 10 nitrogen and oxygen atoms in total. The number of hydrogen-bond acceptors (Lipinski definition) is 7. The molecule has 2 N–H and O–H groups in total. The number of aryl methyl sites for hydroxylation is 1. The van der Waals surface area contributed by atoms with E-state index in [0.717, 1.165) is 40.5 Å². The number of amides is 4. The minimum atomic E-state index is -0.744. The van der Waals surface area contributed by atoms with Crippen LogP contribution in [0.15, 0.2) is 84.1 Å². The molecule has 10 heteroatoms. The van der Waals surface area contributed by atoms with Crippen molar-refractivity contribution in [3.05, 3.63) is 108 Å². The van der Waals surface area contributed by atoms with Gasteiger partial charge in [-0.3, -0.25) is 34.4 Å². The summed E-state index contributed by atoms with van der Waals surface area (Å²) in [4.78, 5) is 55.8. The highest BCUT2D eigenvalue weighted by molar-refractivity contribution is 6.13. The number of fused-ring (bicyclic) bond motifs is 2. The van der Waals surface area contributed by atoms with E-state index in [9.17, 15) is 19.2 Å². The Hall–Kier alpha value is -5.09. The number of aromatic nitrogens is 1. The third kappa shape index (κ3) is 6.41. The van der Waals surface area contributed by atoms with Crippen LogP contribution in [0.3, 0.4) is 0 Å². The van der Waals surface area contributed by atoms with Gasteiger partial charge in [0.15, 0.2) is 0 Å². The topological polar surface area (TPSA) is 131 Å². The van der Waals surface area contributed by atoms with Crippen molar-refractivity contribution in [2.24, 2.45) is 0 Å². The van der Waals surface area contributed by atoms with Gasteiger partial charge in [0.2, 0.25) is 17.7 Å². The molecule has 4 aromatic rings. The molecule has 2 atom stereocenters. The molecule has 0 saturated carbocycles. The van der Waals surface area contributed by atoms with Gasteiger partial charge in [-0.05, 0) is 55.5 Å². The summed E-state index contributed by atoms with van der Waals surface area (Å²) in [6, 6.07) is 17.7. The number of carbonyl (C=O) groups excluding carboxylic acids is 4. The second-order valence-corrected chi connectivity index (χ2v) is 11.2. The van der Waals surface area contributed by atoms with Crippen LogP contribution in [-0.4, -0.2) is 52.8 Å². The average molecular weight is 607 g/mol. The molecule has 1 fully saturated rings. The van der Waals surface area contributed by atoms with Gasteiger partial charge >= 0.3 is 0 Å². The standard InChI is InChI=1S/C35H34N4O6/c1-22-32-23(10-6-12-26(32)35(43)39(22)27-14-15-30(40)38-34(27)42)8-4-5-18-44-19-16-31(41)37-33(25-11-7-17-36-21-25)29-20-24-9-2-3-13-28(24)45-29/h2-3,6-7,9-13,17,20-21,27,33H,1,4-5,8,14-16,18-19H2,(H,37,41)(H,38,40,42). The molecular weight excluding hydrogens is 572 g/mol. The van der Waals surface area contributed by atoms with E-state index in [2.05, 4.69) is 22.2 Å². The van der Waals surface area contributed by atoms with Gasteiger partial charge in [-0.25, -0.2) is 0 Å². The van der Waals surface area contributed by atoms with Gasteiger partial charge in [-0.2, -0.15) is 0 Å². The van der Waals surface area contributed by atoms with Crippen LogP contribution < -0.4 is 10.6 Å². The van der Waals surface area contributed by atoms with E-state index in [0.29, 0.717) is 30.0 Å². The first-order chi connectivity index (χ1) is 21.9. The molecule has 2 aromatic heterocycles. The Kier molecular flexibility index (Phi) is 8.84. The number of ether oxygens (including phenoxy) is 1. The van der Waals surface area contributed by atoms with Crippen molar-refractivity contribution in [2.45, 2.75) is 50.6 Å². The van der Waals surface area contributed by atoms with Crippen molar-refractivity contribution in [2.75, 3.05) is 13.2 Å². The fourth-order valence-electron chi connectivity index (χ4n) is 5.99. The minimum absolute atomic E-state index is 0.159. The second-order valence-electron chi connectivity index (χ2n) is 11.2. The van der Waals surface area contributed by atoms with E-state index < -0.39 is 18.0 Å². The molecule has 2 aliphatic heterocycles. The van der Waals surface area contributed by atoms with Crippen LogP contribution in [0.1, 0.15) is 71.0 Å². The minimum Gasteiger partial charge on any atom is -0.459 e. The highest BCUT2D eigenvalue weighted by Gasteiger charge is 2.42. The Morgan fingerprint density at radius 2 is 1.96 bits per heavy atom. The van der Waals surface area contributed by atoms with Gasteiger partial charge in [-0.15, -0.1) is 0 Å². The third-order valence-electron chi connectivity index (χ3n) is 8.21. The smallest absolute Gasteiger partial charge is 0.259 e. The molecule has 45 heavy (non-hydrogen) atoms. The Labute approximate surface area is 260 Å². The summed E-state index contributed by atoms with van der Waals surface area (Å²) < 4.78 is 11.8. The van der Waals surface area contributed by atoms with Crippen LogP contribution in [0.5, 0.6) is 0 Å². The number of hydrogen-bond donors (Lipinski definition) is 2. The number of unbranched alkanes of at least 4 members (excludes halogenated alkanes) is 1. The molecular formula is C35H34N4O6. The Morgan fingerprint density at radius 3 is 2.76 bits per heavy atom. The number of nitrogens with zero attached hydrogens (tertiary/aromatic N) is 2. The van der Waals surface area contributed by atoms with Crippen molar-refractivity contribution < 1.29 is 28.3 Å². The molecule has 2 unspecified atom stereocenters. The van der Waals surface area contributed by atoms with Crippen molar-refractivity contribution in [1.82, 2.24) is 20.5 Å². The SMILES string of the molecule is C=C1c2c(CCCCOCCC(=O)NC(c3cccnc3)c3cc4ccccc4o3)cccc2C(=O)N1C1CCC(=O)NC1=O. The first-order valence-corrected chi connectivity index (χ1v) is 15.1. The zero-order chi connectivity index (χ0) is 31.3. The summed E-state index contributed by atoms with van der Waals surface area (Å²) in [5.41, 5.74) is 4.33. The fourth-order valence-corrected chi connectivity index (χ4v) is 5.99. The maximum atomic E-state index is 13.2. The van der Waals surface area contributed by atoms with Crippen molar-refractivity contribution in [1.29, 1.82) is 0 Å². The maximum Gasteiger partial charge on any atom is 0.259 e. The van der Waals surface area contributed by atoms with Crippen LogP contribution in [0, 0.1) is 0 Å². The lowest BCUT2D eigenvalue weighted by atomic mass is 9.97. The van der Waals surface area contributed by atoms with Gasteiger partial charge in [0, 0.05) is 59.6 Å². The predicted molar refractivity (Wildman–Crippen MR) is 167 cm³/mol. The third-order valence-corrected chi connectivity index (χ3v) is 8.21. The molecule has 1 saturated heterocycles. The van der Waals surface area contributed by atoms with E-state index >= 15 is 0 Å². The zero-order valence-electron chi connectivity index (χ0n) is 24.8. The number of para-hydroxylation sites is 1. The molecule has 0 radical (unpaired) electrons. The average Bonchev–Trinajstić information content (AvgIpc) is 3.58. The maximum absolute atomic E-state index is 13.2. The largest absolute Gasteiger partial charge is 0.459 e. The van der Waals surface area contributed by atoms with Gasteiger partial charge in [-0.1, -0.05) is 43.0 Å². The fraction of sp³-hybridized carbons (Fsp3) is 0.286. The number of nitrogens with one attached hydrogen (secondary N) is 2. The quantitative estimate of drug-likeness (QED) is 0.177. The number of imide groups is 1. The number of carbonyl (C=O) groups is 4. The lowest BCUT2D eigenvalue weighted by Crippen LogP contribution is -2.52. The van der Waals surface area contributed by atoms with E-state index in [1.165, 1.54) is 4.90 Å². The number of benzene rings is 2. The molecule has 230 valence electrons.